The van der Waals surface area contributed by atoms with Crippen LogP contribution >= 0.6 is 15.9 Å². The summed E-state index contributed by atoms with van der Waals surface area (Å²) >= 11 is 3.44. The van der Waals surface area contributed by atoms with Gasteiger partial charge in [-0.2, -0.15) is 0 Å². The molecule has 2 aliphatic rings. The van der Waals surface area contributed by atoms with Crippen LogP contribution in [-0.2, 0) is 9.53 Å². The van der Waals surface area contributed by atoms with Gasteiger partial charge in [0.15, 0.2) is 0 Å². The van der Waals surface area contributed by atoms with E-state index in [2.05, 4.69) is 15.9 Å². The van der Waals surface area contributed by atoms with Gasteiger partial charge in [-0.05, 0) is 36.2 Å². The Balaban J connectivity index is 1.41. The molecule has 120 valence electrons. The first kappa shape index (κ1) is 15.0. The minimum absolute atomic E-state index is 0.0402. The Morgan fingerprint density at radius 2 is 2.04 bits per heavy atom. The highest BCUT2D eigenvalue weighted by molar-refractivity contribution is 9.10. The average molecular weight is 376 g/mol. The molecule has 1 aliphatic heterocycles. The van der Waals surface area contributed by atoms with E-state index >= 15 is 0 Å². The van der Waals surface area contributed by atoms with Crippen LogP contribution in [-0.4, -0.2) is 30.5 Å². The van der Waals surface area contributed by atoms with Gasteiger partial charge < -0.3 is 14.1 Å². The fraction of sp³-hybridized carbons (Fsp3) is 0.389. The Morgan fingerprint density at radius 1 is 1.22 bits per heavy atom. The van der Waals surface area contributed by atoms with Crippen LogP contribution in [0.15, 0.2) is 51.6 Å². The van der Waals surface area contributed by atoms with Gasteiger partial charge in [0.25, 0.3) is 0 Å². The van der Waals surface area contributed by atoms with E-state index in [4.69, 9.17) is 9.15 Å². The minimum Gasteiger partial charge on any atom is -0.469 e. The van der Waals surface area contributed by atoms with Gasteiger partial charge in [-0.15, -0.1) is 0 Å². The number of benzene rings is 1. The molecule has 5 heteroatoms. The number of nitrogens with zero attached hydrogens (tertiary/aromatic N) is 1. The second-order valence-electron chi connectivity index (χ2n) is 6.16. The summed E-state index contributed by atoms with van der Waals surface area (Å²) in [5.41, 5.74) is 1.11. The summed E-state index contributed by atoms with van der Waals surface area (Å²) in [5, 5.41) is 0. The second kappa shape index (κ2) is 6.13. The number of halogens is 1. The molecule has 0 N–H and O–H groups in total. The number of amides is 1. The standard InChI is InChI=1S/C18H18BrNO3/c19-13-5-3-12(4-6-13)17-11-20(7-9-23-17)18(21)15-10-14(15)16-2-1-8-22-16/h1-6,8,14-15,17H,7,9-11H2. The van der Waals surface area contributed by atoms with Gasteiger partial charge in [0.1, 0.15) is 11.9 Å². The van der Waals surface area contributed by atoms with Crippen molar-refractivity contribution in [1.29, 1.82) is 0 Å². The molecule has 1 saturated carbocycles. The molecule has 4 rings (SSSR count). The monoisotopic (exact) mass is 375 g/mol. The molecule has 23 heavy (non-hydrogen) atoms. The lowest BCUT2D eigenvalue weighted by Gasteiger charge is -2.33. The molecule has 0 bridgehead atoms. The van der Waals surface area contributed by atoms with E-state index in [0.29, 0.717) is 19.7 Å². The first-order chi connectivity index (χ1) is 11.2. The second-order valence-corrected chi connectivity index (χ2v) is 7.08. The summed E-state index contributed by atoms with van der Waals surface area (Å²) in [4.78, 5) is 14.7. The first-order valence-corrected chi connectivity index (χ1v) is 8.71. The third-order valence-electron chi connectivity index (χ3n) is 4.64. The van der Waals surface area contributed by atoms with Crippen molar-refractivity contribution in [2.75, 3.05) is 19.7 Å². The van der Waals surface area contributed by atoms with Crippen LogP contribution in [0.3, 0.4) is 0 Å². The van der Waals surface area contributed by atoms with Gasteiger partial charge >= 0.3 is 0 Å². The summed E-state index contributed by atoms with van der Waals surface area (Å²) in [6.45, 7) is 1.89. The van der Waals surface area contributed by atoms with E-state index in [1.165, 1.54) is 0 Å². The maximum atomic E-state index is 12.7. The summed E-state index contributed by atoms with van der Waals surface area (Å²) in [6.07, 6.45) is 2.53. The number of ether oxygens (including phenoxy) is 1. The Morgan fingerprint density at radius 3 is 2.78 bits per heavy atom. The number of carbonyl (C=O) groups is 1. The molecule has 2 heterocycles. The van der Waals surface area contributed by atoms with Crippen LogP contribution in [0.2, 0.25) is 0 Å². The fourth-order valence-electron chi connectivity index (χ4n) is 3.25. The van der Waals surface area contributed by atoms with Crippen molar-refractivity contribution in [3.05, 3.63) is 58.5 Å². The highest BCUT2D eigenvalue weighted by Crippen LogP contribution is 2.48. The number of carbonyl (C=O) groups excluding carboxylic acids is 1. The van der Waals surface area contributed by atoms with E-state index in [1.54, 1.807) is 6.26 Å². The van der Waals surface area contributed by atoms with E-state index in [9.17, 15) is 4.79 Å². The Hall–Kier alpha value is -1.59. The summed E-state index contributed by atoms with van der Waals surface area (Å²) in [7, 11) is 0. The van der Waals surface area contributed by atoms with E-state index in [1.807, 2.05) is 41.3 Å². The zero-order valence-corrected chi connectivity index (χ0v) is 14.2. The van der Waals surface area contributed by atoms with Gasteiger partial charge in [0.2, 0.25) is 5.91 Å². The lowest BCUT2D eigenvalue weighted by atomic mass is 10.1. The van der Waals surface area contributed by atoms with Crippen molar-refractivity contribution in [2.24, 2.45) is 5.92 Å². The summed E-state index contributed by atoms with van der Waals surface area (Å²) < 4.78 is 12.3. The normalized spacial score (nSPS) is 27.0. The molecule has 1 aromatic heterocycles. The molecular formula is C18H18BrNO3. The van der Waals surface area contributed by atoms with Gasteiger partial charge in [-0.1, -0.05) is 28.1 Å². The van der Waals surface area contributed by atoms with Crippen molar-refractivity contribution in [1.82, 2.24) is 4.90 Å². The summed E-state index contributed by atoms with van der Waals surface area (Å²) in [6, 6.07) is 12.0. The SMILES string of the molecule is O=C(C1CC1c1ccco1)N1CCOC(c2ccc(Br)cc2)C1. The predicted octanol–water partition coefficient (Wildman–Crippen LogP) is 3.75. The third-order valence-corrected chi connectivity index (χ3v) is 5.16. The van der Waals surface area contributed by atoms with Crippen LogP contribution in [0, 0.1) is 5.92 Å². The molecule has 1 saturated heterocycles. The first-order valence-electron chi connectivity index (χ1n) is 7.91. The fourth-order valence-corrected chi connectivity index (χ4v) is 3.51. The predicted molar refractivity (Wildman–Crippen MR) is 89.0 cm³/mol. The quantitative estimate of drug-likeness (QED) is 0.820. The van der Waals surface area contributed by atoms with Gasteiger partial charge in [0.05, 0.1) is 19.4 Å². The molecular weight excluding hydrogens is 358 g/mol. The van der Waals surface area contributed by atoms with Crippen molar-refractivity contribution < 1.29 is 13.9 Å². The zero-order chi connectivity index (χ0) is 15.8. The zero-order valence-electron chi connectivity index (χ0n) is 12.7. The van der Waals surface area contributed by atoms with Crippen molar-refractivity contribution in [3.63, 3.8) is 0 Å². The lowest BCUT2D eigenvalue weighted by molar-refractivity contribution is -0.140. The maximum Gasteiger partial charge on any atom is 0.226 e. The van der Waals surface area contributed by atoms with E-state index < -0.39 is 0 Å². The average Bonchev–Trinajstić information content (AvgIpc) is 3.20. The number of hydrogen-bond donors (Lipinski definition) is 0. The van der Waals surface area contributed by atoms with Crippen LogP contribution < -0.4 is 0 Å². The van der Waals surface area contributed by atoms with Gasteiger partial charge in [-0.25, -0.2) is 0 Å². The molecule has 2 aromatic rings. The van der Waals surface area contributed by atoms with Gasteiger partial charge in [-0.3, -0.25) is 4.79 Å². The molecule has 3 atom stereocenters. The van der Waals surface area contributed by atoms with Crippen LogP contribution in [0.25, 0.3) is 0 Å². The number of hydrogen-bond acceptors (Lipinski definition) is 3. The molecule has 1 aliphatic carbocycles. The molecule has 2 fully saturated rings. The van der Waals surface area contributed by atoms with E-state index in [-0.39, 0.29) is 23.8 Å². The molecule has 0 radical (unpaired) electrons. The Bertz CT molecular complexity index is 683. The molecule has 0 spiro atoms. The molecule has 1 amide bonds. The van der Waals surface area contributed by atoms with Crippen LogP contribution in [0.4, 0.5) is 0 Å². The van der Waals surface area contributed by atoms with Crippen molar-refractivity contribution >= 4 is 21.8 Å². The number of morpholine rings is 1. The maximum absolute atomic E-state index is 12.7. The Kier molecular flexibility index (Phi) is 3.99. The molecule has 3 unspecified atom stereocenters. The minimum atomic E-state index is -0.0402. The topological polar surface area (TPSA) is 42.7 Å². The third kappa shape index (κ3) is 3.08. The highest BCUT2D eigenvalue weighted by atomic mass is 79.9. The van der Waals surface area contributed by atoms with Crippen molar-refractivity contribution in [3.8, 4) is 0 Å². The van der Waals surface area contributed by atoms with Crippen LogP contribution in [0.1, 0.15) is 29.8 Å². The molecule has 1 aromatic carbocycles. The Labute approximate surface area is 143 Å². The number of furan rings is 1. The van der Waals surface area contributed by atoms with E-state index in [0.717, 1.165) is 22.2 Å². The van der Waals surface area contributed by atoms with Gasteiger partial charge in [0, 0.05) is 22.9 Å². The van der Waals surface area contributed by atoms with Crippen molar-refractivity contribution in [2.45, 2.75) is 18.4 Å². The number of rotatable bonds is 3. The van der Waals surface area contributed by atoms with Crippen LogP contribution in [0.5, 0.6) is 0 Å². The largest absolute Gasteiger partial charge is 0.469 e. The highest BCUT2D eigenvalue weighted by Gasteiger charge is 2.48. The lowest BCUT2D eigenvalue weighted by Crippen LogP contribution is -2.43. The summed E-state index contributed by atoms with van der Waals surface area (Å²) in [5.74, 6) is 1.49. The molecule has 4 nitrogen and oxygen atoms in total. The smallest absolute Gasteiger partial charge is 0.226 e.